The summed E-state index contributed by atoms with van der Waals surface area (Å²) in [6.45, 7) is 3.51. The number of carbonyl (C=O) groups is 1. The molecule has 1 aliphatic heterocycles. The van der Waals surface area contributed by atoms with Crippen molar-refractivity contribution in [3.8, 4) is 0 Å². The van der Waals surface area contributed by atoms with Crippen molar-refractivity contribution in [2.75, 3.05) is 13.2 Å². The molecule has 0 radical (unpaired) electrons. The standard InChI is InChI=1S/C68H131NO11S/c1-3-5-7-9-11-13-15-17-19-21-23-24-25-26-27-28-29-30-31-32-33-34-35-36-37-38-40-42-44-46-48-50-52-54-56-58-64(72)69-61(60-78-68-66(74)67(80-81(75,76)77)65(73)63(59-70)79-68)62(71)57-55-53-51-49-47-45-43-41-39-22-20-18-16-14-12-10-8-6-4-2/h25-26,28-29,61-63,65-68,70-71,73-74H,3-24,27,30-60H2,1-2H3,(H,69,72)(H,75,76,77)/b26-25-,29-28-. The second-order valence-electron chi connectivity index (χ2n) is 24.5. The molecule has 0 saturated carbocycles. The van der Waals surface area contributed by atoms with Gasteiger partial charge in [0, 0.05) is 6.42 Å². The number of unbranched alkanes of at least 4 members (excludes halogenated alkanes) is 46. The van der Waals surface area contributed by atoms with Gasteiger partial charge in [0.25, 0.3) is 0 Å². The van der Waals surface area contributed by atoms with Crippen LogP contribution in [-0.4, -0.2) is 95.4 Å². The van der Waals surface area contributed by atoms with Gasteiger partial charge < -0.3 is 35.2 Å². The van der Waals surface area contributed by atoms with Gasteiger partial charge in [-0.05, 0) is 44.9 Å². The summed E-state index contributed by atoms with van der Waals surface area (Å²) in [5.74, 6) is -0.223. The summed E-state index contributed by atoms with van der Waals surface area (Å²) in [6.07, 6.45) is 65.0. The maximum atomic E-state index is 13.2. The molecular formula is C68H131NO11S. The average Bonchev–Trinajstić information content (AvgIpc) is 3.51. The summed E-state index contributed by atoms with van der Waals surface area (Å²) < 4.78 is 48.1. The van der Waals surface area contributed by atoms with E-state index in [4.69, 9.17) is 9.47 Å². The van der Waals surface area contributed by atoms with Gasteiger partial charge in [-0.25, -0.2) is 4.18 Å². The van der Waals surface area contributed by atoms with Gasteiger partial charge in [-0.15, -0.1) is 0 Å². The number of amides is 1. The zero-order chi connectivity index (χ0) is 59.0. The lowest BCUT2D eigenvalue weighted by atomic mass is 9.99. The third kappa shape index (κ3) is 49.4. The number of carbonyl (C=O) groups excluding carboxylic acids is 1. The van der Waals surface area contributed by atoms with Crippen molar-refractivity contribution in [1.82, 2.24) is 5.32 Å². The molecule has 7 unspecified atom stereocenters. The van der Waals surface area contributed by atoms with Crippen molar-refractivity contribution in [1.29, 1.82) is 0 Å². The van der Waals surface area contributed by atoms with E-state index in [0.29, 0.717) is 12.8 Å². The third-order valence-corrected chi connectivity index (χ3v) is 17.2. The van der Waals surface area contributed by atoms with Crippen molar-refractivity contribution in [2.24, 2.45) is 0 Å². The lowest BCUT2D eigenvalue weighted by Gasteiger charge is -2.41. The average molecular weight is 1170 g/mol. The minimum atomic E-state index is -5.08. The topological polar surface area (TPSA) is 192 Å². The normalized spacial score (nSPS) is 18.6. The van der Waals surface area contributed by atoms with E-state index in [1.807, 2.05) is 0 Å². The van der Waals surface area contributed by atoms with E-state index in [1.165, 1.54) is 263 Å². The van der Waals surface area contributed by atoms with E-state index in [-0.39, 0.29) is 12.5 Å². The molecule has 1 amide bonds. The molecule has 0 aliphatic carbocycles. The Balaban J connectivity index is 2.20. The molecule has 81 heavy (non-hydrogen) atoms. The molecule has 7 atom stereocenters. The molecule has 0 aromatic carbocycles. The van der Waals surface area contributed by atoms with Crippen molar-refractivity contribution in [3.63, 3.8) is 0 Å². The Kier molecular flexibility index (Phi) is 55.2. The van der Waals surface area contributed by atoms with E-state index in [1.54, 1.807) is 0 Å². The SMILES string of the molecule is CCCCCCCCCCCCC/C=C\C/C=C\CCCCCCCCCCCCCCCCCCCC(=O)NC(COC1OC(CO)C(O)C(OS(=O)(=O)O)C1O)C(O)CCCCCCCCCCCCCCCCCCCCC. The summed E-state index contributed by atoms with van der Waals surface area (Å²) in [5, 5.41) is 45.3. The van der Waals surface area contributed by atoms with Crippen LogP contribution in [0.4, 0.5) is 0 Å². The van der Waals surface area contributed by atoms with Gasteiger partial charge in [-0.1, -0.05) is 321 Å². The van der Waals surface area contributed by atoms with E-state index in [9.17, 15) is 38.2 Å². The molecule has 1 aliphatic rings. The van der Waals surface area contributed by atoms with E-state index >= 15 is 0 Å². The maximum Gasteiger partial charge on any atom is 0.397 e. The first-order valence-corrected chi connectivity index (χ1v) is 36.1. The fourth-order valence-corrected chi connectivity index (χ4v) is 11.9. The van der Waals surface area contributed by atoms with Crippen LogP contribution in [0.25, 0.3) is 0 Å². The molecular weight excluding hydrogens is 1040 g/mol. The van der Waals surface area contributed by atoms with E-state index < -0.39 is 59.9 Å². The zero-order valence-electron chi connectivity index (χ0n) is 52.6. The first kappa shape index (κ1) is 77.6. The number of aliphatic hydroxyl groups excluding tert-OH is 4. The van der Waals surface area contributed by atoms with Crippen molar-refractivity contribution >= 4 is 16.3 Å². The summed E-state index contributed by atoms with van der Waals surface area (Å²) in [4.78, 5) is 13.2. The minimum absolute atomic E-state index is 0.223. The van der Waals surface area contributed by atoms with Crippen LogP contribution in [0.5, 0.6) is 0 Å². The van der Waals surface area contributed by atoms with Gasteiger partial charge in [0.15, 0.2) is 6.29 Å². The van der Waals surface area contributed by atoms with Gasteiger partial charge in [0.1, 0.15) is 24.4 Å². The molecule has 0 spiro atoms. The second kappa shape index (κ2) is 57.6. The Bertz CT molecular complexity index is 1520. The molecule has 1 heterocycles. The predicted molar refractivity (Wildman–Crippen MR) is 338 cm³/mol. The lowest BCUT2D eigenvalue weighted by Crippen LogP contribution is -2.61. The van der Waals surface area contributed by atoms with Crippen LogP contribution >= 0.6 is 0 Å². The summed E-state index contributed by atoms with van der Waals surface area (Å²) in [6, 6.07) is -0.858. The maximum absolute atomic E-state index is 13.2. The van der Waals surface area contributed by atoms with Crippen LogP contribution in [0.2, 0.25) is 0 Å². The van der Waals surface area contributed by atoms with Crippen molar-refractivity contribution in [2.45, 2.75) is 391 Å². The lowest BCUT2D eigenvalue weighted by molar-refractivity contribution is -0.298. The number of hydrogen-bond donors (Lipinski definition) is 6. The smallest absolute Gasteiger partial charge is 0.394 e. The number of hydrogen-bond acceptors (Lipinski definition) is 10. The van der Waals surface area contributed by atoms with Crippen LogP contribution < -0.4 is 5.32 Å². The Morgan fingerprint density at radius 3 is 1.17 bits per heavy atom. The molecule has 1 rings (SSSR count). The highest BCUT2D eigenvalue weighted by molar-refractivity contribution is 7.80. The molecule has 0 bridgehead atoms. The number of allylic oxidation sites excluding steroid dienone is 4. The molecule has 0 aromatic heterocycles. The Hall–Kier alpha value is -1.42. The fraction of sp³-hybridized carbons (Fsp3) is 0.926. The first-order chi connectivity index (χ1) is 39.5. The predicted octanol–water partition coefficient (Wildman–Crippen LogP) is 17.9. The molecule has 480 valence electrons. The van der Waals surface area contributed by atoms with Crippen LogP contribution in [0.1, 0.15) is 348 Å². The van der Waals surface area contributed by atoms with Gasteiger partial charge in [0.2, 0.25) is 5.91 Å². The Morgan fingerprint density at radius 1 is 0.494 bits per heavy atom. The number of nitrogens with one attached hydrogen (secondary N) is 1. The van der Waals surface area contributed by atoms with Gasteiger partial charge in [-0.2, -0.15) is 8.42 Å². The third-order valence-electron chi connectivity index (χ3n) is 16.8. The van der Waals surface area contributed by atoms with Crippen LogP contribution in [0.15, 0.2) is 24.3 Å². The molecule has 1 saturated heterocycles. The molecule has 12 nitrogen and oxygen atoms in total. The Morgan fingerprint density at radius 2 is 0.827 bits per heavy atom. The highest BCUT2D eigenvalue weighted by Crippen LogP contribution is 2.27. The zero-order valence-corrected chi connectivity index (χ0v) is 53.4. The minimum Gasteiger partial charge on any atom is -0.394 e. The van der Waals surface area contributed by atoms with Gasteiger partial charge in [-0.3, -0.25) is 9.35 Å². The molecule has 1 fully saturated rings. The molecule has 13 heteroatoms. The molecule has 6 N–H and O–H groups in total. The fourth-order valence-electron chi connectivity index (χ4n) is 11.4. The summed E-state index contributed by atoms with van der Waals surface area (Å²) in [7, 11) is -5.08. The highest BCUT2D eigenvalue weighted by Gasteiger charge is 2.48. The quantitative estimate of drug-likeness (QED) is 0.0193. The van der Waals surface area contributed by atoms with Crippen molar-refractivity contribution in [3.05, 3.63) is 24.3 Å². The van der Waals surface area contributed by atoms with E-state index in [0.717, 1.165) is 57.8 Å². The van der Waals surface area contributed by atoms with Gasteiger partial charge in [0.05, 0.1) is 25.4 Å². The molecule has 0 aromatic rings. The number of ether oxygens (including phenoxy) is 2. The van der Waals surface area contributed by atoms with Crippen LogP contribution in [0.3, 0.4) is 0 Å². The number of aliphatic hydroxyl groups is 4. The Labute approximate surface area is 499 Å². The van der Waals surface area contributed by atoms with Crippen LogP contribution in [-0.2, 0) is 28.9 Å². The van der Waals surface area contributed by atoms with Gasteiger partial charge >= 0.3 is 10.4 Å². The second-order valence-corrected chi connectivity index (χ2v) is 25.5. The number of rotatable bonds is 62. The van der Waals surface area contributed by atoms with Crippen LogP contribution in [0, 0.1) is 0 Å². The van der Waals surface area contributed by atoms with E-state index in [2.05, 4.69) is 47.7 Å². The largest absolute Gasteiger partial charge is 0.397 e. The van der Waals surface area contributed by atoms with Crippen molar-refractivity contribution < 1.29 is 51.8 Å². The first-order valence-electron chi connectivity index (χ1n) is 34.7. The summed E-state index contributed by atoms with van der Waals surface area (Å²) in [5.41, 5.74) is 0. The summed E-state index contributed by atoms with van der Waals surface area (Å²) >= 11 is 0. The highest BCUT2D eigenvalue weighted by atomic mass is 32.3. The monoisotopic (exact) mass is 1170 g/mol.